The highest BCUT2D eigenvalue weighted by Gasteiger charge is 2.07. The van der Waals surface area contributed by atoms with Gasteiger partial charge in [-0.3, -0.25) is 4.98 Å². The second-order valence-corrected chi connectivity index (χ2v) is 4.10. The van der Waals surface area contributed by atoms with Gasteiger partial charge in [-0.25, -0.2) is 4.98 Å². The normalized spacial score (nSPS) is 12.1. The van der Waals surface area contributed by atoms with Gasteiger partial charge in [0.05, 0.1) is 11.7 Å². The number of rotatable bonds is 3. The third-order valence-corrected chi connectivity index (χ3v) is 2.61. The zero-order valence-corrected chi connectivity index (χ0v) is 10.0. The first-order valence-corrected chi connectivity index (χ1v) is 5.55. The van der Waals surface area contributed by atoms with Crippen LogP contribution in [-0.2, 0) is 0 Å². The molecule has 0 saturated carbocycles. The minimum Gasteiger partial charge on any atom is -0.396 e. The molecule has 0 bridgehead atoms. The molecule has 4 nitrogen and oxygen atoms in total. The third kappa shape index (κ3) is 2.72. The first-order chi connectivity index (χ1) is 8.16. The second-order valence-electron chi connectivity index (χ2n) is 4.10. The van der Waals surface area contributed by atoms with Crippen molar-refractivity contribution in [3.8, 4) is 0 Å². The fourth-order valence-electron chi connectivity index (χ4n) is 1.65. The molecular formula is C13H16N4. The molecule has 1 atom stereocenters. The summed E-state index contributed by atoms with van der Waals surface area (Å²) in [6, 6.07) is 6.01. The van der Waals surface area contributed by atoms with E-state index in [-0.39, 0.29) is 6.04 Å². The Hall–Kier alpha value is -2.10. The van der Waals surface area contributed by atoms with Crippen LogP contribution in [0.2, 0.25) is 0 Å². The molecule has 0 saturated heterocycles. The molecule has 0 aliphatic heterocycles. The molecule has 88 valence electrons. The molecule has 0 fully saturated rings. The predicted molar refractivity (Wildman–Crippen MR) is 69.7 cm³/mol. The largest absolute Gasteiger partial charge is 0.396 e. The number of nitrogens with zero attached hydrogens (tertiary/aromatic N) is 2. The number of anilines is 2. The Kier molecular flexibility index (Phi) is 3.23. The zero-order chi connectivity index (χ0) is 12.3. The van der Waals surface area contributed by atoms with Crippen molar-refractivity contribution in [2.75, 3.05) is 11.1 Å². The molecule has 2 aromatic heterocycles. The smallest absolute Gasteiger partial charge is 0.149 e. The summed E-state index contributed by atoms with van der Waals surface area (Å²) in [5.41, 5.74) is 8.80. The number of aromatic nitrogens is 2. The van der Waals surface area contributed by atoms with Gasteiger partial charge in [-0.05, 0) is 43.2 Å². The summed E-state index contributed by atoms with van der Waals surface area (Å²) in [5.74, 6) is 0.722. The fourth-order valence-corrected chi connectivity index (χ4v) is 1.65. The number of nitrogen functional groups attached to an aromatic ring is 1. The van der Waals surface area contributed by atoms with Crippen LogP contribution in [0.5, 0.6) is 0 Å². The van der Waals surface area contributed by atoms with Crippen LogP contribution < -0.4 is 11.1 Å². The Balaban J connectivity index is 2.16. The number of nitrogens with two attached hydrogens (primary N) is 1. The van der Waals surface area contributed by atoms with Crippen LogP contribution in [0.3, 0.4) is 0 Å². The van der Waals surface area contributed by atoms with Gasteiger partial charge in [0.15, 0.2) is 0 Å². The maximum Gasteiger partial charge on any atom is 0.149 e. The van der Waals surface area contributed by atoms with Gasteiger partial charge < -0.3 is 11.1 Å². The molecule has 2 rings (SSSR count). The summed E-state index contributed by atoms with van der Waals surface area (Å²) in [6.45, 7) is 4.04. The molecule has 1 unspecified atom stereocenters. The SMILES string of the molecule is Cc1cnc(NC(C)c2ccncc2)c(N)c1. The lowest BCUT2D eigenvalue weighted by Gasteiger charge is -2.16. The lowest BCUT2D eigenvalue weighted by atomic mass is 10.1. The van der Waals surface area contributed by atoms with Crippen molar-refractivity contribution in [3.63, 3.8) is 0 Å². The van der Waals surface area contributed by atoms with E-state index < -0.39 is 0 Å². The van der Waals surface area contributed by atoms with Crippen molar-refractivity contribution >= 4 is 11.5 Å². The van der Waals surface area contributed by atoms with Crippen molar-refractivity contribution < 1.29 is 0 Å². The Morgan fingerprint density at radius 1 is 1.29 bits per heavy atom. The molecule has 4 heteroatoms. The van der Waals surface area contributed by atoms with E-state index in [0.717, 1.165) is 16.9 Å². The molecule has 2 aromatic rings. The first kappa shape index (κ1) is 11.4. The van der Waals surface area contributed by atoms with Crippen molar-refractivity contribution in [3.05, 3.63) is 47.9 Å². The Labute approximate surface area is 101 Å². The molecule has 0 aromatic carbocycles. The number of aryl methyl sites for hydroxylation is 1. The highest BCUT2D eigenvalue weighted by molar-refractivity contribution is 5.62. The highest BCUT2D eigenvalue weighted by Crippen LogP contribution is 2.22. The molecule has 0 amide bonds. The van der Waals surface area contributed by atoms with Crippen LogP contribution in [0.15, 0.2) is 36.8 Å². The van der Waals surface area contributed by atoms with Gasteiger partial charge >= 0.3 is 0 Å². The van der Waals surface area contributed by atoms with Gasteiger partial charge in [-0.2, -0.15) is 0 Å². The van der Waals surface area contributed by atoms with E-state index in [2.05, 4.69) is 22.2 Å². The van der Waals surface area contributed by atoms with E-state index in [1.54, 1.807) is 18.6 Å². The summed E-state index contributed by atoms with van der Waals surface area (Å²) in [7, 11) is 0. The topological polar surface area (TPSA) is 63.8 Å². The summed E-state index contributed by atoms with van der Waals surface area (Å²) >= 11 is 0. The molecule has 0 spiro atoms. The van der Waals surface area contributed by atoms with Gasteiger partial charge in [-0.15, -0.1) is 0 Å². The number of nitrogens with one attached hydrogen (secondary N) is 1. The van der Waals surface area contributed by atoms with Crippen LogP contribution in [0.4, 0.5) is 11.5 Å². The van der Waals surface area contributed by atoms with Gasteiger partial charge in [0, 0.05) is 18.6 Å². The monoisotopic (exact) mass is 228 g/mol. The predicted octanol–water partition coefficient (Wildman–Crippen LogP) is 2.54. The first-order valence-electron chi connectivity index (χ1n) is 5.55. The summed E-state index contributed by atoms with van der Waals surface area (Å²) < 4.78 is 0. The van der Waals surface area contributed by atoms with Crippen LogP contribution in [-0.4, -0.2) is 9.97 Å². The summed E-state index contributed by atoms with van der Waals surface area (Å²) in [5, 5.41) is 3.29. The van der Waals surface area contributed by atoms with E-state index in [9.17, 15) is 0 Å². The van der Waals surface area contributed by atoms with E-state index >= 15 is 0 Å². The van der Waals surface area contributed by atoms with E-state index in [0.29, 0.717) is 5.69 Å². The van der Waals surface area contributed by atoms with Gasteiger partial charge in [0.25, 0.3) is 0 Å². The Bertz CT molecular complexity index is 496. The molecule has 0 aliphatic carbocycles. The summed E-state index contributed by atoms with van der Waals surface area (Å²) in [6.07, 6.45) is 5.36. The maximum absolute atomic E-state index is 5.91. The van der Waals surface area contributed by atoms with Crippen molar-refractivity contribution in [2.45, 2.75) is 19.9 Å². The van der Waals surface area contributed by atoms with Gasteiger partial charge in [0.2, 0.25) is 0 Å². The van der Waals surface area contributed by atoms with Crippen molar-refractivity contribution in [1.82, 2.24) is 9.97 Å². The Morgan fingerprint density at radius 3 is 2.65 bits per heavy atom. The van der Waals surface area contributed by atoms with Crippen LogP contribution in [0.25, 0.3) is 0 Å². The minimum absolute atomic E-state index is 0.149. The molecule has 0 aliphatic rings. The van der Waals surface area contributed by atoms with Crippen LogP contribution in [0, 0.1) is 6.92 Å². The maximum atomic E-state index is 5.91. The fraction of sp³-hybridized carbons (Fsp3) is 0.231. The Morgan fingerprint density at radius 2 is 2.00 bits per heavy atom. The third-order valence-electron chi connectivity index (χ3n) is 2.61. The van der Waals surface area contributed by atoms with Gasteiger partial charge in [-0.1, -0.05) is 0 Å². The number of hydrogen-bond acceptors (Lipinski definition) is 4. The lowest BCUT2D eigenvalue weighted by Crippen LogP contribution is -2.10. The number of pyridine rings is 2. The number of hydrogen-bond donors (Lipinski definition) is 2. The van der Waals surface area contributed by atoms with Crippen molar-refractivity contribution in [1.29, 1.82) is 0 Å². The van der Waals surface area contributed by atoms with Crippen molar-refractivity contribution in [2.24, 2.45) is 0 Å². The van der Waals surface area contributed by atoms with E-state index in [1.807, 2.05) is 25.1 Å². The highest BCUT2D eigenvalue weighted by atomic mass is 15.0. The summed E-state index contributed by atoms with van der Waals surface area (Å²) in [4.78, 5) is 8.29. The van der Waals surface area contributed by atoms with Crippen LogP contribution in [0.1, 0.15) is 24.1 Å². The van der Waals surface area contributed by atoms with E-state index in [1.165, 1.54) is 0 Å². The van der Waals surface area contributed by atoms with Crippen LogP contribution >= 0.6 is 0 Å². The molecule has 2 heterocycles. The quantitative estimate of drug-likeness (QED) is 0.847. The average Bonchev–Trinajstić information content (AvgIpc) is 2.34. The molecule has 0 radical (unpaired) electrons. The van der Waals surface area contributed by atoms with E-state index in [4.69, 9.17) is 5.73 Å². The average molecular weight is 228 g/mol. The zero-order valence-electron chi connectivity index (χ0n) is 10.0. The molecular weight excluding hydrogens is 212 g/mol. The standard InChI is InChI=1S/C13H16N4/c1-9-7-12(14)13(16-8-9)17-10(2)11-3-5-15-6-4-11/h3-8,10H,14H2,1-2H3,(H,16,17). The van der Waals surface area contributed by atoms with Gasteiger partial charge in [0.1, 0.15) is 5.82 Å². The lowest BCUT2D eigenvalue weighted by molar-refractivity contribution is 0.871. The molecule has 17 heavy (non-hydrogen) atoms. The second kappa shape index (κ2) is 4.82. The minimum atomic E-state index is 0.149. The molecule has 3 N–H and O–H groups in total.